The Balaban J connectivity index is 1.53. The van der Waals surface area contributed by atoms with E-state index in [9.17, 15) is 13.6 Å². The van der Waals surface area contributed by atoms with E-state index in [1.807, 2.05) is 0 Å². The quantitative estimate of drug-likeness (QED) is 0.177. The lowest BCUT2D eigenvalue weighted by atomic mass is 10.0. The molecule has 0 fully saturated rings. The lowest BCUT2D eigenvalue weighted by molar-refractivity contribution is 0.0303. The van der Waals surface area contributed by atoms with Crippen molar-refractivity contribution >= 4 is 46.2 Å². The highest BCUT2D eigenvalue weighted by Crippen LogP contribution is 2.36. The number of nitrogens with one attached hydrogen (secondary N) is 1. The second-order valence-electron chi connectivity index (χ2n) is 8.34. The van der Waals surface area contributed by atoms with Gasteiger partial charge in [0.15, 0.2) is 11.5 Å². The van der Waals surface area contributed by atoms with Crippen LogP contribution in [0.1, 0.15) is 43.8 Å². The minimum absolute atomic E-state index is 0.0638. The summed E-state index contributed by atoms with van der Waals surface area (Å²) in [5.74, 6) is 0.469. The second kappa shape index (κ2) is 13.1. The number of benzene rings is 2. The molecule has 4 aromatic rings. The van der Waals surface area contributed by atoms with Crippen LogP contribution in [0.25, 0.3) is 0 Å². The van der Waals surface area contributed by atoms with E-state index in [0.29, 0.717) is 49.8 Å². The SMILES string of the molecule is COc1ccc([C@H](Cc2c(Cl)cncc2Cl)OC(=O)c2ccc(CNc3cccc(C(F)F)c3)s2)cc1OC. The van der Waals surface area contributed by atoms with E-state index in [-0.39, 0.29) is 12.0 Å². The topological polar surface area (TPSA) is 69.7 Å². The van der Waals surface area contributed by atoms with Crippen LogP contribution in [-0.2, 0) is 17.7 Å². The van der Waals surface area contributed by atoms with Crippen molar-refractivity contribution in [1.82, 2.24) is 4.98 Å². The molecule has 2 heterocycles. The predicted octanol–water partition coefficient (Wildman–Crippen LogP) is 8.16. The number of carbonyl (C=O) groups excluding carboxylic acids is 1. The molecule has 2 aromatic carbocycles. The van der Waals surface area contributed by atoms with Gasteiger partial charge in [0.2, 0.25) is 0 Å². The Hall–Kier alpha value is -3.40. The van der Waals surface area contributed by atoms with Crippen LogP contribution in [-0.4, -0.2) is 25.2 Å². The Morgan fingerprint density at radius 2 is 1.72 bits per heavy atom. The van der Waals surface area contributed by atoms with Gasteiger partial charge in [-0.25, -0.2) is 13.6 Å². The number of esters is 1. The number of nitrogens with zero attached hydrogens (tertiary/aromatic N) is 1. The number of carbonyl (C=O) groups is 1. The van der Waals surface area contributed by atoms with E-state index in [1.165, 1.54) is 50.1 Å². The first-order chi connectivity index (χ1) is 18.8. The fourth-order valence-electron chi connectivity index (χ4n) is 3.84. The molecule has 11 heteroatoms. The van der Waals surface area contributed by atoms with Crippen molar-refractivity contribution in [2.45, 2.75) is 25.5 Å². The zero-order valence-electron chi connectivity index (χ0n) is 20.9. The number of anilines is 1. The molecule has 1 N–H and O–H groups in total. The summed E-state index contributed by atoms with van der Waals surface area (Å²) in [6, 6.07) is 14.7. The molecule has 0 saturated heterocycles. The van der Waals surface area contributed by atoms with Gasteiger partial charge in [-0.15, -0.1) is 11.3 Å². The Labute approximate surface area is 238 Å². The van der Waals surface area contributed by atoms with Crippen molar-refractivity contribution in [3.63, 3.8) is 0 Å². The third-order valence-corrected chi connectivity index (χ3v) is 7.56. The monoisotopic (exact) mass is 592 g/mol. The maximum atomic E-state index is 13.2. The smallest absolute Gasteiger partial charge is 0.348 e. The lowest BCUT2D eigenvalue weighted by Gasteiger charge is -2.20. The molecule has 204 valence electrons. The van der Waals surface area contributed by atoms with Gasteiger partial charge < -0.3 is 19.5 Å². The first-order valence-electron chi connectivity index (χ1n) is 11.7. The maximum absolute atomic E-state index is 13.2. The number of aromatic nitrogens is 1. The van der Waals surface area contributed by atoms with Gasteiger partial charge in [-0.3, -0.25) is 4.98 Å². The Bertz CT molecular complexity index is 1430. The lowest BCUT2D eigenvalue weighted by Crippen LogP contribution is -2.14. The van der Waals surface area contributed by atoms with Crippen LogP contribution in [0.15, 0.2) is 67.0 Å². The largest absolute Gasteiger partial charge is 0.493 e. The van der Waals surface area contributed by atoms with E-state index in [0.717, 1.165) is 4.88 Å². The molecule has 4 rings (SSSR count). The van der Waals surface area contributed by atoms with Gasteiger partial charge in [0.25, 0.3) is 6.43 Å². The molecule has 1 atom stereocenters. The molecule has 0 saturated carbocycles. The van der Waals surface area contributed by atoms with E-state index < -0.39 is 18.5 Å². The molecule has 39 heavy (non-hydrogen) atoms. The van der Waals surface area contributed by atoms with Gasteiger partial charge in [-0.05, 0) is 47.5 Å². The number of pyridine rings is 1. The van der Waals surface area contributed by atoms with Gasteiger partial charge >= 0.3 is 5.97 Å². The summed E-state index contributed by atoms with van der Waals surface area (Å²) >= 11 is 14.0. The maximum Gasteiger partial charge on any atom is 0.348 e. The number of alkyl halides is 2. The normalized spacial score (nSPS) is 11.8. The highest BCUT2D eigenvalue weighted by atomic mass is 35.5. The van der Waals surface area contributed by atoms with Crippen molar-refractivity contribution in [3.05, 3.63) is 103 Å². The number of methoxy groups -OCH3 is 2. The minimum Gasteiger partial charge on any atom is -0.493 e. The third-order valence-electron chi connectivity index (χ3n) is 5.84. The van der Waals surface area contributed by atoms with Crippen LogP contribution in [0, 0.1) is 0 Å². The standard InChI is InChI=1S/C28H24Cl2F2N2O4S/c1-36-23-8-6-16(11-25(23)37-2)24(12-20-21(29)14-33-15-22(20)30)38-28(35)26-9-7-19(39-26)13-34-18-5-3-4-17(10-18)27(31)32/h3-11,14-15,24,27,34H,12-13H2,1-2H3/t24-/m0/s1. The van der Waals surface area contributed by atoms with Gasteiger partial charge in [0, 0.05) is 41.5 Å². The van der Waals surface area contributed by atoms with Gasteiger partial charge in [-0.1, -0.05) is 41.4 Å². The molecule has 0 aliphatic carbocycles. The molecule has 0 aliphatic heterocycles. The van der Waals surface area contributed by atoms with Crippen LogP contribution in [0.3, 0.4) is 0 Å². The van der Waals surface area contributed by atoms with Gasteiger partial charge in [-0.2, -0.15) is 0 Å². The van der Waals surface area contributed by atoms with Crippen LogP contribution < -0.4 is 14.8 Å². The fraction of sp³-hybridized carbons (Fsp3) is 0.214. The zero-order chi connectivity index (χ0) is 27.9. The third kappa shape index (κ3) is 7.17. The average molecular weight is 593 g/mol. The number of thiophene rings is 1. The minimum atomic E-state index is -2.55. The molecule has 0 aliphatic rings. The number of hydrogen-bond donors (Lipinski definition) is 1. The summed E-state index contributed by atoms with van der Waals surface area (Å²) in [5, 5.41) is 3.81. The molecule has 6 nitrogen and oxygen atoms in total. The first-order valence-corrected chi connectivity index (χ1v) is 13.3. The molecular weight excluding hydrogens is 569 g/mol. The molecule has 0 bridgehead atoms. The zero-order valence-corrected chi connectivity index (χ0v) is 23.2. The summed E-state index contributed by atoms with van der Waals surface area (Å²) in [6.07, 6.45) is -0.153. The van der Waals surface area contributed by atoms with Gasteiger partial charge in [0.05, 0.1) is 24.3 Å². The molecular formula is C28H24Cl2F2N2O4S. The molecule has 0 spiro atoms. The Kier molecular flexibility index (Phi) is 9.61. The fourth-order valence-corrected chi connectivity index (χ4v) is 5.19. The highest BCUT2D eigenvalue weighted by Gasteiger charge is 2.24. The summed E-state index contributed by atoms with van der Waals surface area (Å²) < 4.78 is 42.7. The van der Waals surface area contributed by atoms with Crippen LogP contribution in [0.2, 0.25) is 10.0 Å². The molecule has 0 radical (unpaired) electrons. The van der Waals surface area contributed by atoms with E-state index in [4.69, 9.17) is 37.4 Å². The van der Waals surface area contributed by atoms with Crippen LogP contribution in [0.4, 0.5) is 14.5 Å². The van der Waals surface area contributed by atoms with Crippen molar-refractivity contribution < 1.29 is 27.8 Å². The van der Waals surface area contributed by atoms with Crippen molar-refractivity contribution in [3.8, 4) is 11.5 Å². The summed E-state index contributed by atoms with van der Waals surface area (Å²) in [7, 11) is 3.05. The number of hydrogen-bond acceptors (Lipinski definition) is 7. The van der Waals surface area contributed by atoms with E-state index in [2.05, 4.69) is 10.3 Å². The molecule has 2 aromatic heterocycles. The van der Waals surface area contributed by atoms with Crippen molar-refractivity contribution in [1.29, 1.82) is 0 Å². The Morgan fingerprint density at radius 1 is 0.974 bits per heavy atom. The number of rotatable bonds is 11. The number of halogens is 4. The summed E-state index contributed by atoms with van der Waals surface area (Å²) in [4.78, 5) is 18.4. The van der Waals surface area contributed by atoms with E-state index in [1.54, 1.807) is 42.5 Å². The van der Waals surface area contributed by atoms with Crippen LogP contribution >= 0.6 is 34.5 Å². The summed E-state index contributed by atoms with van der Waals surface area (Å²) in [6.45, 7) is 0.353. The Morgan fingerprint density at radius 3 is 2.41 bits per heavy atom. The molecule has 0 unspecified atom stereocenters. The predicted molar refractivity (Wildman–Crippen MR) is 149 cm³/mol. The number of ether oxygens (including phenoxy) is 3. The van der Waals surface area contributed by atoms with E-state index >= 15 is 0 Å². The van der Waals surface area contributed by atoms with Crippen molar-refractivity contribution in [2.75, 3.05) is 19.5 Å². The molecule has 0 amide bonds. The highest BCUT2D eigenvalue weighted by molar-refractivity contribution is 7.13. The van der Waals surface area contributed by atoms with Crippen molar-refractivity contribution in [2.24, 2.45) is 0 Å². The van der Waals surface area contributed by atoms with Gasteiger partial charge in [0.1, 0.15) is 11.0 Å². The first kappa shape index (κ1) is 28.6. The average Bonchev–Trinajstić information content (AvgIpc) is 3.42. The second-order valence-corrected chi connectivity index (χ2v) is 10.3. The summed E-state index contributed by atoms with van der Waals surface area (Å²) in [5.41, 5.74) is 1.74. The van der Waals surface area contributed by atoms with Crippen LogP contribution in [0.5, 0.6) is 11.5 Å².